The van der Waals surface area contributed by atoms with Crippen LogP contribution >= 0.6 is 0 Å². The predicted molar refractivity (Wildman–Crippen MR) is 50.5 cm³/mol. The molecule has 0 spiro atoms. The zero-order valence-corrected chi connectivity index (χ0v) is 7.79. The third kappa shape index (κ3) is 1.94. The van der Waals surface area contributed by atoms with Crippen LogP contribution in [0.5, 0.6) is 0 Å². The van der Waals surface area contributed by atoms with Crippen molar-refractivity contribution in [1.82, 2.24) is 0 Å². The van der Waals surface area contributed by atoms with E-state index in [1.165, 1.54) is 0 Å². The number of rotatable bonds is 2. The van der Waals surface area contributed by atoms with Gasteiger partial charge in [0.05, 0.1) is 12.5 Å². The van der Waals surface area contributed by atoms with E-state index in [9.17, 15) is 4.79 Å². The average molecular weight is 173 g/mol. The minimum absolute atomic E-state index is 0.0360. The Bertz CT molecular complexity index is 354. The third-order valence-electron chi connectivity index (χ3n) is 2.00. The summed E-state index contributed by atoms with van der Waals surface area (Å²) < 4.78 is 0. The topological polar surface area (TPSA) is 40.9 Å². The first-order valence-corrected chi connectivity index (χ1v) is 4.13. The molecule has 1 rings (SSSR count). The Morgan fingerprint density at radius 2 is 1.92 bits per heavy atom. The summed E-state index contributed by atoms with van der Waals surface area (Å²) in [6.45, 7) is 3.77. The van der Waals surface area contributed by atoms with Gasteiger partial charge in [-0.1, -0.05) is 18.2 Å². The predicted octanol–water partition coefficient (Wildman–Crippen LogP) is 2.40. The van der Waals surface area contributed by atoms with E-state index >= 15 is 0 Å². The van der Waals surface area contributed by atoms with Crippen molar-refractivity contribution in [2.24, 2.45) is 0 Å². The summed E-state index contributed by atoms with van der Waals surface area (Å²) >= 11 is 0. The molecule has 13 heavy (non-hydrogen) atoms. The molecule has 0 aliphatic carbocycles. The van der Waals surface area contributed by atoms with Crippen molar-refractivity contribution < 1.29 is 4.79 Å². The van der Waals surface area contributed by atoms with Crippen LogP contribution in [-0.4, -0.2) is 5.78 Å². The molecule has 0 heterocycles. The Kier molecular flexibility index (Phi) is 2.81. The summed E-state index contributed by atoms with van der Waals surface area (Å²) in [6.07, 6.45) is -0.0360. The summed E-state index contributed by atoms with van der Waals surface area (Å²) in [5.41, 5.74) is 2.59. The first-order valence-electron chi connectivity index (χ1n) is 4.13. The molecule has 0 amide bonds. The third-order valence-corrected chi connectivity index (χ3v) is 2.00. The second-order valence-electron chi connectivity index (χ2n) is 3.02. The van der Waals surface area contributed by atoms with Gasteiger partial charge < -0.3 is 0 Å². The molecule has 0 saturated heterocycles. The second kappa shape index (κ2) is 3.86. The van der Waals surface area contributed by atoms with Crippen LogP contribution in [0.1, 0.15) is 27.9 Å². The Labute approximate surface area is 77.8 Å². The van der Waals surface area contributed by atoms with Crippen LogP contribution in [0.4, 0.5) is 0 Å². The fourth-order valence-corrected chi connectivity index (χ4v) is 1.41. The van der Waals surface area contributed by atoms with E-state index in [4.69, 9.17) is 5.26 Å². The van der Waals surface area contributed by atoms with Gasteiger partial charge in [0.25, 0.3) is 0 Å². The van der Waals surface area contributed by atoms with Gasteiger partial charge in [-0.15, -0.1) is 0 Å². The van der Waals surface area contributed by atoms with Crippen molar-refractivity contribution in [2.45, 2.75) is 20.3 Å². The highest BCUT2D eigenvalue weighted by Crippen LogP contribution is 2.14. The van der Waals surface area contributed by atoms with E-state index in [0.29, 0.717) is 5.56 Å². The molecule has 0 fully saturated rings. The van der Waals surface area contributed by atoms with Crippen LogP contribution in [-0.2, 0) is 0 Å². The molecule has 1 aromatic carbocycles. The molecule has 1 aromatic rings. The van der Waals surface area contributed by atoms with Crippen molar-refractivity contribution in [3.05, 3.63) is 34.9 Å². The number of nitriles is 1. The highest BCUT2D eigenvalue weighted by atomic mass is 16.1. The van der Waals surface area contributed by atoms with E-state index in [-0.39, 0.29) is 12.2 Å². The molecule has 0 aliphatic heterocycles. The zero-order valence-electron chi connectivity index (χ0n) is 7.79. The molecule has 0 radical (unpaired) electrons. The minimum Gasteiger partial charge on any atom is -0.293 e. The fourth-order valence-electron chi connectivity index (χ4n) is 1.41. The molecule has 0 bridgehead atoms. The molecule has 0 aliphatic rings. The van der Waals surface area contributed by atoms with Crippen molar-refractivity contribution >= 4 is 5.78 Å². The standard InChI is InChI=1S/C11H11NO/c1-8-4-3-5-9(2)11(8)10(13)6-7-12/h3-5H,6H2,1-2H3. The van der Waals surface area contributed by atoms with Gasteiger partial charge in [0.1, 0.15) is 0 Å². The van der Waals surface area contributed by atoms with Crippen LogP contribution < -0.4 is 0 Å². The quantitative estimate of drug-likeness (QED) is 0.644. The minimum atomic E-state index is -0.0851. The number of carbonyl (C=O) groups excluding carboxylic acids is 1. The van der Waals surface area contributed by atoms with E-state index in [1.807, 2.05) is 38.1 Å². The summed E-state index contributed by atoms with van der Waals surface area (Å²) in [6, 6.07) is 7.55. The van der Waals surface area contributed by atoms with Crippen molar-refractivity contribution in [1.29, 1.82) is 5.26 Å². The smallest absolute Gasteiger partial charge is 0.177 e. The second-order valence-corrected chi connectivity index (χ2v) is 3.02. The van der Waals surface area contributed by atoms with Gasteiger partial charge in [0.15, 0.2) is 5.78 Å². The Hall–Kier alpha value is -1.62. The first kappa shape index (κ1) is 9.47. The number of hydrogen-bond donors (Lipinski definition) is 0. The lowest BCUT2D eigenvalue weighted by Gasteiger charge is -2.05. The number of hydrogen-bond acceptors (Lipinski definition) is 2. The van der Waals surface area contributed by atoms with Crippen LogP contribution in [0.2, 0.25) is 0 Å². The molecule has 0 N–H and O–H groups in total. The molecule has 0 aromatic heterocycles. The van der Waals surface area contributed by atoms with Gasteiger partial charge in [-0.05, 0) is 25.0 Å². The lowest BCUT2D eigenvalue weighted by Crippen LogP contribution is -2.02. The van der Waals surface area contributed by atoms with Gasteiger partial charge in [-0.3, -0.25) is 4.79 Å². The average Bonchev–Trinajstić information content (AvgIpc) is 2.04. The van der Waals surface area contributed by atoms with Crippen molar-refractivity contribution in [3.8, 4) is 6.07 Å². The van der Waals surface area contributed by atoms with E-state index < -0.39 is 0 Å². The summed E-state index contributed by atoms with van der Waals surface area (Å²) in [4.78, 5) is 11.5. The monoisotopic (exact) mass is 173 g/mol. The maximum Gasteiger partial charge on any atom is 0.177 e. The first-order chi connectivity index (χ1) is 6.16. The molecule has 2 heteroatoms. The van der Waals surface area contributed by atoms with E-state index in [1.54, 1.807) is 0 Å². The van der Waals surface area contributed by atoms with Crippen LogP contribution in [0.15, 0.2) is 18.2 Å². The van der Waals surface area contributed by atoms with Crippen LogP contribution in [0, 0.1) is 25.2 Å². The summed E-state index contributed by atoms with van der Waals surface area (Å²) in [5.74, 6) is -0.0851. The highest BCUT2D eigenvalue weighted by molar-refractivity contribution is 5.99. The number of carbonyl (C=O) groups is 1. The van der Waals surface area contributed by atoms with Gasteiger partial charge in [-0.25, -0.2) is 0 Å². The largest absolute Gasteiger partial charge is 0.293 e. The number of aryl methyl sites for hydroxylation is 2. The van der Waals surface area contributed by atoms with E-state index in [0.717, 1.165) is 11.1 Å². The van der Waals surface area contributed by atoms with Crippen molar-refractivity contribution in [3.63, 3.8) is 0 Å². The maximum absolute atomic E-state index is 11.5. The van der Waals surface area contributed by atoms with Crippen molar-refractivity contribution in [2.75, 3.05) is 0 Å². The molecular formula is C11H11NO. The van der Waals surface area contributed by atoms with Gasteiger partial charge in [0, 0.05) is 5.56 Å². The lowest BCUT2D eigenvalue weighted by molar-refractivity contribution is 0.0996. The Balaban J connectivity index is 3.14. The lowest BCUT2D eigenvalue weighted by atomic mass is 9.98. The zero-order chi connectivity index (χ0) is 9.84. The number of benzene rings is 1. The number of ketones is 1. The van der Waals surface area contributed by atoms with Crippen LogP contribution in [0.25, 0.3) is 0 Å². The van der Waals surface area contributed by atoms with E-state index in [2.05, 4.69) is 0 Å². The van der Waals surface area contributed by atoms with Gasteiger partial charge in [-0.2, -0.15) is 5.26 Å². The molecule has 0 saturated carbocycles. The maximum atomic E-state index is 11.5. The SMILES string of the molecule is Cc1cccc(C)c1C(=O)CC#N. The Morgan fingerprint density at radius 1 is 1.38 bits per heavy atom. The highest BCUT2D eigenvalue weighted by Gasteiger charge is 2.10. The van der Waals surface area contributed by atoms with Gasteiger partial charge >= 0.3 is 0 Å². The molecule has 66 valence electrons. The summed E-state index contributed by atoms with van der Waals surface area (Å²) in [5, 5.41) is 8.41. The number of Topliss-reactive ketones (excluding diaryl/α,β-unsaturated/α-hetero) is 1. The molecular weight excluding hydrogens is 162 g/mol. The molecule has 0 unspecified atom stereocenters. The molecule has 0 atom stereocenters. The van der Waals surface area contributed by atoms with Crippen LogP contribution in [0.3, 0.4) is 0 Å². The molecule has 2 nitrogen and oxygen atoms in total. The van der Waals surface area contributed by atoms with Gasteiger partial charge in [0.2, 0.25) is 0 Å². The fraction of sp³-hybridized carbons (Fsp3) is 0.273. The summed E-state index contributed by atoms with van der Waals surface area (Å²) in [7, 11) is 0. The Morgan fingerprint density at radius 3 is 2.38 bits per heavy atom. The number of nitrogens with zero attached hydrogens (tertiary/aromatic N) is 1. The normalized spacial score (nSPS) is 9.31.